The molecule has 2 amide bonds. The normalized spacial score (nSPS) is 12.3. The first-order chi connectivity index (χ1) is 18.5. The molecule has 39 heavy (non-hydrogen) atoms. The van der Waals surface area contributed by atoms with Gasteiger partial charge in [0, 0.05) is 12.6 Å². The Morgan fingerprint density at radius 2 is 1.38 bits per heavy atom. The number of amides is 2. The Labute approximate surface area is 232 Å². The molecule has 0 aliphatic carbocycles. The zero-order valence-corrected chi connectivity index (χ0v) is 24.2. The minimum atomic E-state index is -4.08. The Bertz CT molecular complexity index is 1330. The van der Waals surface area contributed by atoms with Crippen molar-refractivity contribution in [1.82, 2.24) is 10.2 Å². The van der Waals surface area contributed by atoms with Crippen molar-refractivity contribution in [1.29, 1.82) is 0 Å². The third-order valence-corrected chi connectivity index (χ3v) is 8.26. The van der Waals surface area contributed by atoms with Crippen molar-refractivity contribution in [3.8, 4) is 0 Å². The number of carbonyl (C=O) groups is 2. The fourth-order valence-corrected chi connectivity index (χ4v) is 5.79. The van der Waals surface area contributed by atoms with E-state index in [0.717, 1.165) is 15.4 Å². The molecule has 0 aliphatic rings. The summed E-state index contributed by atoms with van der Waals surface area (Å²) in [6.07, 6.45) is 0.381. The van der Waals surface area contributed by atoms with E-state index < -0.39 is 28.5 Å². The molecule has 3 rings (SSSR count). The zero-order chi connectivity index (χ0) is 28.6. The van der Waals surface area contributed by atoms with Crippen LogP contribution in [0.1, 0.15) is 58.1 Å². The van der Waals surface area contributed by atoms with Gasteiger partial charge in [0.1, 0.15) is 12.6 Å². The number of carbonyl (C=O) groups excluding carboxylic acids is 2. The highest BCUT2D eigenvalue weighted by Crippen LogP contribution is 2.26. The van der Waals surface area contributed by atoms with Crippen LogP contribution in [0.15, 0.2) is 89.8 Å². The minimum Gasteiger partial charge on any atom is -0.352 e. The highest BCUT2D eigenvalue weighted by molar-refractivity contribution is 7.92. The second-order valence-corrected chi connectivity index (χ2v) is 12.0. The van der Waals surface area contributed by atoms with Crippen molar-refractivity contribution in [3.05, 3.63) is 96.1 Å². The van der Waals surface area contributed by atoms with Gasteiger partial charge in [-0.3, -0.25) is 13.9 Å². The first kappa shape index (κ1) is 29.9. The van der Waals surface area contributed by atoms with Gasteiger partial charge in [-0.15, -0.1) is 0 Å². The molecule has 0 fully saturated rings. The average molecular weight is 550 g/mol. The third-order valence-electron chi connectivity index (χ3n) is 6.47. The van der Waals surface area contributed by atoms with Gasteiger partial charge in [0.25, 0.3) is 10.0 Å². The van der Waals surface area contributed by atoms with Crippen LogP contribution < -0.4 is 9.62 Å². The largest absolute Gasteiger partial charge is 0.352 e. The van der Waals surface area contributed by atoms with Gasteiger partial charge in [0.2, 0.25) is 11.8 Å². The molecular formula is C31H39N3O4S. The summed E-state index contributed by atoms with van der Waals surface area (Å²) in [6.45, 7) is 9.42. The van der Waals surface area contributed by atoms with Gasteiger partial charge in [-0.05, 0) is 61.6 Å². The molecule has 0 heterocycles. The molecule has 7 nitrogen and oxygen atoms in total. The quantitative estimate of drug-likeness (QED) is 0.331. The van der Waals surface area contributed by atoms with Crippen LogP contribution in [-0.2, 0) is 26.2 Å². The van der Waals surface area contributed by atoms with Crippen molar-refractivity contribution in [3.63, 3.8) is 0 Å². The summed E-state index contributed by atoms with van der Waals surface area (Å²) in [5.74, 6) is -0.460. The molecule has 1 unspecified atom stereocenters. The molecule has 0 bridgehead atoms. The van der Waals surface area contributed by atoms with Crippen LogP contribution in [0.2, 0.25) is 0 Å². The maximum Gasteiger partial charge on any atom is 0.264 e. The van der Waals surface area contributed by atoms with E-state index in [4.69, 9.17) is 0 Å². The number of sulfonamides is 1. The number of benzene rings is 3. The Hall–Kier alpha value is -3.65. The lowest BCUT2D eigenvalue weighted by Gasteiger charge is -2.33. The van der Waals surface area contributed by atoms with Crippen LogP contribution in [0.3, 0.4) is 0 Å². The van der Waals surface area contributed by atoms with E-state index in [1.54, 1.807) is 30.3 Å². The summed E-state index contributed by atoms with van der Waals surface area (Å²) in [5.41, 5.74) is 2.29. The Morgan fingerprint density at radius 1 is 0.821 bits per heavy atom. The number of anilines is 1. The van der Waals surface area contributed by atoms with E-state index in [0.29, 0.717) is 12.1 Å². The maximum atomic E-state index is 14.0. The van der Waals surface area contributed by atoms with E-state index in [1.165, 1.54) is 17.0 Å². The van der Waals surface area contributed by atoms with Crippen LogP contribution >= 0.6 is 0 Å². The number of nitrogens with one attached hydrogen (secondary N) is 1. The molecule has 1 N–H and O–H groups in total. The number of hydrogen-bond donors (Lipinski definition) is 1. The van der Waals surface area contributed by atoms with Gasteiger partial charge in [-0.2, -0.15) is 0 Å². The van der Waals surface area contributed by atoms with Gasteiger partial charge in [0.15, 0.2) is 0 Å². The topological polar surface area (TPSA) is 86.8 Å². The molecule has 0 saturated heterocycles. The average Bonchev–Trinajstić information content (AvgIpc) is 2.92. The van der Waals surface area contributed by atoms with Crippen LogP contribution in [0.25, 0.3) is 0 Å². The number of hydrogen-bond acceptors (Lipinski definition) is 4. The number of rotatable bonds is 12. The second-order valence-electron chi connectivity index (χ2n) is 10.2. The summed E-state index contributed by atoms with van der Waals surface area (Å²) in [4.78, 5) is 28.8. The predicted molar refractivity (Wildman–Crippen MR) is 156 cm³/mol. The second kappa shape index (κ2) is 13.4. The van der Waals surface area contributed by atoms with Crippen LogP contribution in [0.5, 0.6) is 0 Å². The standard InChI is InChI=1S/C31H39N3O4S/c1-6-29(31(36)32-24(4)5)33(21-25-13-9-7-10-14-25)30(35)22-34(27-19-17-26(18-20-27)23(2)3)39(37,38)28-15-11-8-12-16-28/h7-20,23-24,29H,6,21-22H2,1-5H3,(H,32,36). The molecule has 1 atom stereocenters. The van der Waals surface area contributed by atoms with E-state index in [-0.39, 0.29) is 29.3 Å². The van der Waals surface area contributed by atoms with Gasteiger partial charge in [-0.25, -0.2) is 8.42 Å². The fraction of sp³-hybridized carbons (Fsp3) is 0.355. The van der Waals surface area contributed by atoms with E-state index >= 15 is 0 Å². The molecule has 0 aliphatic heterocycles. The van der Waals surface area contributed by atoms with Gasteiger partial charge in [0.05, 0.1) is 10.6 Å². The third kappa shape index (κ3) is 7.69. The minimum absolute atomic E-state index is 0.0879. The Morgan fingerprint density at radius 3 is 1.90 bits per heavy atom. The Kier molecular flexibility index (Phi) is 10.3. The molecule has 0 spiro atoms. The molecule has 0 saturated carbocycles. The Balaban J connectivity index is 2.05. The van der Waals surface area contributed by atoms with Gasteiger partial charge < -0.3 is 10.2 Å². The van der Waals surface area contributed by atoms with Crippen LogP contribution in [0, 0.1) is 0 Å². The number of nitrogens with zero attached hydrogens (tertiary/aromatic N) is 2. The molecule has 0 radical (unpaired) electrons. The molecular weight excluding hydrogens is 510 g/mol. The van der Waals surface area contributed by atoms with Crippen LogP contribution in [-0.4, -0.2) is 43.8 Å². The molecule has 0 aromatic heterocycles. The first-order valence-corrected chi connectivity index (χ1v) is 14.8. The highest BCUT2D eigenvalue weighted by Gasteiger charge is 2.33. The summed E-state index contributed by atoms with van der Waals surface area (Å²) in [5, 5.41) is 2.91. The van der Waals surface area contributed by atoms with Gasteiger partial charge in [-0.1, -0.05) is 81.4 Å². The lowest BCUT2D eigenvalue weighted by molar-refractivity contribution is -0.140. The van der Waals surface area contributed by atoms with E-state index in [9.17, 15) is 18.0 Å². The van der Waals surface area contributed by atoms with Crippen molar-refractivity contribution in [2.24, 2.45) is 0 Å². The summed E-state index contributed by atoms with van der Waals surface area (Å²) < 4.78 is 28.9. The van der Waals surface area contributed by atoms with E-state index in [2.05, 4.69) is 19.2 Å². The van der Waals surface area contributed by atoms with Crippen molar-refractivity contribution in [2.45, 2.75) is 70.5 Å². The van der Waals surface area contributed by atoms with Crippen molar-refractivity contribution in [2.75, 3.05) is 10.8 Å². The summed E-state index contributed by atoms with van der Waals surface area (Å²) >= 11 is 0. The summed E-state index contributed by atoms with van der Waals surface area (Å²) in [7, 11) is -4.08. The zero-order valence-electron chi connectivity index (χ0n) is 23.4. The van der Waals surface area contributed by atoms with Crippen LogP contribution in [0.4, 0.5) is 5.69 Å². The lowest BCUT2D eigenvalue weighted by Crippen LogP contribution is -2.53. The molecule has 3 aromatic rings. The lowest BCUT2D eigenvalue weighted by atomic mass is 10.0. The summed E-state index contributed by atoms with van der Waals surface area (Å²) in [6, 6.07) is 23.8. The smallest absolute Gasteiger partial charge is 0.264 e. The fourth-order valence-electron chi connectivity index (χ4n) is 4.35. The molecule has 3 aromatic carbocycles. The highest BCUT2D eigenvalue weighted by atomic mass is 32.2. The van der Waals surface area contributed by atoms with Crippen molar-refractivity contribution >= 4 is 27.5 Å². The predicted octanol–water partition coefficient (Wildman–Crippen LogP) is 5.34. The maximum absolute atomic E-state index is 14.0. The van der Waals surface area contributed by atoms with Crippen molar-refractivity contribution < 1.29 is 18.0 Å². The molecule has 208 valence electrons. The first-order valence-electron chi connectivity index (χ1n) is 13.4. The molecule has 8 heteroatoms. The SMILES string of the molecule is CCC(C(=O)NC(C)C)N(Cc1ccccc1)C(=O)CN(c1ccc(C(C)C)cc1)S(=O)(=O)c1ccccc1. The monoisotopic (exact) mass is 549 g/mol. The van der Waals surface area contributed by atoms with Gasteiger partial charge >= 0.3 is 0 Å². The van der Waals surface area contributed by atoms with E-state index in [1.807, 2.05) is 63.2 Å².